The quantitative estimate of drug-likeness (QED) is 0.677. The zero-order valence-electron chi connectivity index (χ0n) is 13.7. The highest BCUT2D eigenvalue weighted by atomic mass is 16.1. The predicted octanol–water partition coefficient (Wildman–Crippen LogP) is 2.49. The van der Waals surface area contributed by atoms with Gasteiger partial charge >= 0.3 is 0 Å². The maximum Gasteiger partial charge on any atom is 0.248 e. The van der Waals surface area contributed by atoms with Gasteiger partial charge in [0.15, 0.2) is 0 Å². The molecule has 0 aromatic heterocycles. The second kappa shape index (κ2) is 6.34. The summed E-state index contributed by atoms with van der Waals surface area (Å²) in [4.78, 5) is 15.2. The summed E-state index contributed by atoms with van der Waals surface area (Å²) in [5.74, 6) is 2.11. The maximum absolute atomic E-state index is 12.6. The van der Waals surface area contributed by atoms with E-state index in [0.717, 1.165) is 35.5 Å². The monoisotopic (exact) mass is 332 g/mol. The van der Waals surface area contributed by atoms with E-state index < -0.39 is 0 Å². The molecule has 3 saturated heterocycles. The number of amides is 1. The summed E-state index contributed by atoms with van der Waals surface area (Å²) in [5.41, 5.74) is 2.31. The van der Waals surface area contributed by atoms with Crippen molar-refractivity contribution in [3.8, 4) is 0 Å². The Balaban J connectivity index is 0.00000157. The molecule has 6 rings (SSSR count). The van der Waals surface area contributed by atoms with Crippen LogP contribution >= 0.6 is 0 Å². The summed E-state index contributed by atoms with van der Waals surface area (Å²) >= 11 is 0. The number of nitrogens with one attached hydrogen (secondary N) is 1. The normalized spacial score (nSPS) is 29.4. The third kappa shape index (κ3) is 2.89. The van der Waals surface area contributed by atoms with Crippen molar-refractivity contribution in [1.29, 1.82) is 0 Å². The average molecular weight is 332 g/mol. The van der Waals surface area contributed by atoms with Crippen molar-refractivity contribution in [2.45, 2.75) is 12.8 Å². The van der Waals surface area contributed by atoms with Crippen molar-refractivity contribution in [3.63, 3.8) is 0 Å². The summed E-state index contributed by atoms with van der Waals surface area (Å²) in [5, 5.41) is 5.37. The first-order valence-electron chi connectivity index (χ1n) is 8.99. The van der Waals surface area contributed by atoms with E-state index in [1.165, 1.54) is 25.0 Å². The number of carbonyl (C=O) groups excluding carboxylic acids is 1. The number of hydrogen-bond acceptors (Lipinski definition) is 2. The lowest BCUT2D eigenvalue weighted by Gasteiger charge is -2.53. The van der Waals surface area contributed by atoms with Gasteiger partial charge in [-0.3, -0.25) is 4.79 Å². The first-order chi connectivity index (χ1) is 11.8. The van der Waals surface area contributed by atoms with Crippen molar-refractivity contribution in [1.82, 2.24) is 4.90 Å². The number of benzene rings is 2. The smallest absolute Gasteiger partial charge is 0.248 e. The third-order valence-corrected chi connectivity index (χ3v) is 6.00. The molecule has 0 spiro atoms. The molecule has 4 bridgehead atoms. The zero-order chi connectivity index (χ0) is 16.1. The summed E-state index contributed by atoms with van der Waals surface area (Å²) in [7, 11) is 0. The van der Waals surface area contributed by atoms with Crippen molar-refractivity contribution >= 4 is 30.8 Å². The molecule has 2 aromatic rings. The van der Waals surface area contributed by atoms with Crippen molar-refractivity contribution in [2.75, 3.05) is 25.0 Å². The molecular formula is C21H25BN2O. The van der Waals surface area contributed by atoms with Crippen LogP contribution in [0.5, 0.6) is 0 Å². The Bertz CT molecular complexity index is 809. The van der Waals surface area contributed by atoms with Gasteiger partial charge in [0, 0.05) is 36.8 Å². The Hall–Kier alpha value is -2.07. The molecule has 4 aliphatic rings. The van der Waals surface area contributed by atoms with E-state index >= 15 is 0 Å². The molecule has 1 aliphatic carbocycles. The second-order valence-electron chi connectivity index (χ2n) is 7.61. The first kappa shape index (κ1) is 16.4. The molecule has 4 heteroatoms. The van der Waals surface area contributed by atoms with E-state index in [2.05, 4.69) is 28.4 Å². The van der Waals surface area contributed by atoms with E-state index in [9.17, 15) is 4.79 Å². The van der Waals surface area contributed by atoms with Gasteiger partial charge < -0.3 is 10.2 Å². The highest BCUT2D eigenvalue weighted by Gasteiger charge is 2.44. The fourth-order valence-corrected chi connectivity index (χ4v) is 5.12. The van der Waals surface area contributed by atoms with Crippen LogP contribution in [0, 0.1) is 17.8 Å². The highest BCUT2D eigenvalue weighted by molar-refractivity contribution is 6.06. The number of hydrogen-bond donors (Lipinski definition) is 1. The number of fused-ring (bicyclic) bond motifs is 1. The van der Waals surface area contributed by atoms with Gasteiger partial charge in [0.25, 0.3) is 0 Å². The van der Waals surface area contributed by atoms with Gasteiger partial charge in [0.1, 0.15) is 0 Å². The predicted molar refractivity (Wildman–Crippen MR) is 107 cm³/mol. The Kier molecular flexibility index (Phi) is 4.16. The van der Waals surface area contributed by atoms with Crippen LogP contribution in [0.2, 0.25) is 0 Å². The van der Waals surface area contributed by atoms with Crippen LogP contribution in [0.3, 0.4) is 0 Å². The number of rotatable bonds is 2. The van der Waals surface area contributed by atoms with Gasteiger partial charge in [-0.25, -0.2) is 0 Å². The minimum atomic E-state index is 0. The summed E-state index contributed by atoms with van der Waals surface area (Å²) < 4.78 is 0. The molecule has 2 aromatic carbocycles. The lowest BCUT2D eigenvalue weighted by atomic mass is 9.65. The molecule has 4 fully saturated rings. The average Bonchev–Trinajstić information content (AvgIpc) is 2.58. The van der Waals surface area contributed by atoms with Crippen LogP contribution in [0.1, 0.15) is 12.8 Å². The maximum atomic E-state index is 12.6. The van der Waals surface area contributed by atoms with E-state index in [-0.39, 0.29) is 14.3 Å². The summed E-state index contributed by atoms with van der Waals surface area (Å²) in [6, 6.07) is 14.3. The number of nitrogens with zero attached hydrogens (tertiary/aromatic N) is 1. The molecule has 25 heavy (non-hydrogen) atoms. The summed E-state index contributed by atoms with van der Waals surface area (Å²) in [6.07, 6.45) is 4.47. The Morgan fingerprint density at radius 1 is 1.00 bits per heavy atom. The topological polar surface area (TPSA) is 32.3 Å². The van der Waals surface area contributed by atoms with Gasteiger partial charge in [0.05, 0.1) is 8.41 Å². The molecule has 3 aliphatic heterocycles. The van der Waals surface area contributed by atoms with Crippen LogP contribution in [0.15, 0.2) is 54.1 Å². The van der Waals surface area contributed by atoms with Crippen molar-refractivity contribution in [3.05, 3.63) is 54.1 Å². The standard InChI is InChI=1S/C21H22N2O.BH3/c24-21(22-20-7-3-5-15-4-1-2-6-18(15)20)10-19-16-8-14-9-17(19)13-23(11-14)12-16;/h1-7,10,14,16-17H,8-9,11-13H2,(H,22,24);1H3. The van der Waals surface area contributed by atoms with Gasteiger partial charge in [-0.2, -0.15) is 0 Å². The second-order valence-corrected chi connectivity index (χ2v) is 7.61. The number of carbonyl (C=O) groups is 1. The molecule has 3 nitrogen and oxygen atoms in total. The van der Waals surface area contributed by atoms with E-state index in [4.69, 9.17) is 0 Å². The minimum Gasteiger partial charge on any atom is -0.322 e. The molecular weight excluding hydrogens is 307 g/mol. The molecule has 2 unspecified atom stereocenters. The molecule has 1 amide bonds. The molecule has 0 radical (unpaired) electrons. The first-order valence-corrected chi connectivity index (χ1v) is 8.99. The van der Waals surface area contributed by atoms with E-state index in [1.54, 1.807) is 0 Å². The van der Waals surface area contributed by atoms with E-state index in [0.29, 0.717) is 11.8 Å². The number of anilines is 1. The fourth-order valence-electron chi connectivity index (χ4n) is 5.12. The SMILES string of the molecule is B.O=C(C=C1C2CC3CC1CN(C3)C2)Nc1cccc2ccccc12. The van der Waals surface area contributed by atoms with Crippen LogP contribution in [-0.4, -0.2) is 38.9 Å². The van der Waals surface area contributed by atoms with Gasteiger partial charge in [-0.1, -0.05) is 42.0 Å². The lowest BCUT2D eigenvalue weighted by molar-refractivity contribution is -0.112. The Labute approximate surface area is 150 Å². The Morgan fingerprint density at radius 2 is 1.72 bits per heavy atom. The largest absolute Gasteiger partial charge is 0.322 e. The zero-order valence-corrected chi connectivity index (χ0v) is 13.7. The van der Waals surface area contributed by atoms with Gasteiger partial charge in [-0.15, -0.1) is 0 Å². The van der Waals surface area contributed by atoms with Crippen LogP contribution in [-0.2, 0) is 4.79 Å². The van der Waals surface area contributed by atoms with Crippen molar-refractivity contribution < 1.29 is 4.79 Å². The van der Waals surface area contributed by atoms with Crippen LogP contribution in [0.25, 0.3) is 10.8 Å². The van der Waals surface area contributed by atoms with Crippen LogP contribution < -0.4 is 5.32 Å². The summed E-state index contributed by atoms with van der Waals surface area (Å²) in [6.45, 7) is 3.59. The Morgan fingerprint density at radius 3 is 2.48 bits per heavy atom. The lowest BCUT2D eigenvalue weighted by Crippen LogP contribution is -2.54. The van der Waals surface area contributed by atoms with E-state index in [1.807, 2.05) is 30.3 Å². The van der Waals surface area contributed by atoms with Crippen LogP contribution in [0.4, 0.5) is 5.69 Å². The van der Waals surface area contributed by atoms with Gasteiger partial charge in [-0.05, 0) is 42.0 Å². The fraction of sp³-hybridized carbons (Fsp3) is 0.381. The highest BCUT2D eigenvalue weighted by Crippen LogP contribution is 2.46. The third-order valence-electron chi connectivity index (χ3n) is 6.00. The minimum absolute atomic E-state index is 0. The molecule has 1 N–H and O–H groups in total. The molecule has 3 heterocycles. The van der Waals surface area contributed by atoms with Gasteiger partial charge in [0.2, 0.25) is 5.91 Å². The number of piperidine rings is 3. The molecule has 2 atom stereocenters. The van der Waals surface area contributed by atoms with Crippen molar-refractivity contribution in [2.24, 2.45) is 17.8 Å². The molecule has 128 valence electrons. The molecule has 1 saturated carbocycles.